The molecule has 29 heavy (non-hydrogen) atoms. The number of furan rings is 1. The maximum atomic E-state index is 11.8. The fraction of sp³-hybridized carbons (Fsp3) is 0.476. The van der Waals surface area contributed by atoms with Crippen LogP contribution in [0, 0.1) is 12.8 Å². The molecule has 3 rings (SSSR count). The van der Waals surface area contributed by atoms with Crippen LogP contribution in [0.1, 0.15) is 23.3 Å². The van der Waals surface area contributed by atoms with Crippen LogP contribution in [0.25, 0.3) is 0 Å². The van der Waals surface area contributed by atoms with Crippen LogP contribution in [0.4, 0.5) is 0 Å². The number of ether oxygens (including phenoxy) is 1. The molecule has 158 valence electrons. The topological polar surface area (TPSA) is 92.9 Å². The van der Waals surface area contributed by atoms with Crippen molar-refractivity contribution in [3.63, 3.8) is 0 Å². The largest absolute Gasteiger partial charge is 0.469 e. The van der Waals surface area contributed by atoms with Crippen molar-refractivity contribution in [1.29, 1.82) is 0 Å². The Morgan fingerprint density at radius 2 is 2.14 bits per heavy atom. The van der Waals surface area contributed by atoms with Crippen LogP contribution < -0.4 is 10.6 Å². The second-order valence-corrected chi connectivity index (χ2v) is 9.39. The molecule has 0 aliphatic carbocycles. The maximum Gasteiger partial charge on any atom is 0.191 e. The first-order valence-corrected chi connectivity index (χ1v) is 11.7. The van der Waals surface area contributed by atoms with Crippen LogP contribution >= 0.6 is 0 Å². The van der Waals surface area contributed by atoms with E-state index in [0.717, 1.165) is 55.4 Å². The molecule has 0 saturated carbocycles. The summed E-state index contributed by atoms with van der Waals surface area (Å²) in [6.07, 6.45) is 4.72. The quantitative estimate of drug-likeness (QED) is 0.504. The Morgan fingerprint density at radius 1 is 1.28 bits per heavy atom. The normalized spacial score (nSPS) is 17.4. The van der Waals surface area contributed by atoms with Crippen LogP contribution in [0.5, 0.6) is 0 Å². The van der Waals surface area contributed by atoms with Crippen molar-refractivity contribution in [1.82, 2.24) is 10.6 Å². The van der Waals surface area contributed by atoms with Crippen LogP contribution in [-0.4, -0.2) is 46.9 Å². The van der Waals surface area contributed by atoms with Crippen LogP contribution in [-0.2, 0) is 27.5 Å². The van der Waals surface area contributed by atoms with E-state index < -0.39 is 9.84 Å². The predicted octanol–water partition coefficient (Wildman–Crippen LogP) is 2.31. The Hall–Kier alpha value is -2.32. The number of hydrogen-bond acceptors (Lipinski definition) is 5. The van der Waals surface area contributed by atoms with Gasteiger partial charge in [0.05, 0.1) is 24.3 Å². The molecule has 1 aromatic heterocycles. The number of rotatable bonds is 8. The lowest BCUT2D eigenvalue weighted by Gasteiger charge is -2.15. The van der Waals surface area contributed by atoms with Crippen molar-refractivity contribution in [3.8, 4) is 0 Å². The van der Waals surface area contributed by atoms with Gasteiger partial charge in [-0.15, -0.1) is 0 Å². The molecule has 7 nitrogen and oxygen atoms in total. The number of sulfone groups is 1. The average Bonchev–Trinajstić information content (AvgIpc) is 3.36. The number of nitrogens with one attached hydrogen (secondary N) is 2. The second kappa shape index (κ2) is 9.93. The molecule has 8 heteroatoms. The highest BCUT2D eigenvalue weighted by Gasteiger charge is 2.16. The molecule has 1 aliphatic rings. The van der Waals surface area contributed by atoms with Gasteiger partial charge in [-0.1, -0.05) is 12.1 Å². The van der Waals surface area contributed by atoms with Crippen molar-refractivity contribution in [3.05, 3.63) is 53.5 Å². The van der Waals surface area contributed by atoms with Gasteiger partial charge in [0, 0.05) is 38.3 Å². The van der Waals surface area contributed by atoms with E-state index in [1.54, 1.807) is 12.3 Å². The number of aryl methyl sites for hydroxylation is 1. The maximum absolute atomic E-state index is 11.8. The lowest BCUT2D eigenvalue weighted by atomic mass is 10.1. The van der Waals surface area contributed by atoms with E-state index in [-0.39, 0.29) is 0 Å². The summed E-state index contributed by atoms with van der Waals surface area (Å²) in [5.74, 6) is 2.14. The van der Waals surface area contributed by atoms with E-state index in [0.29, 0.717) is 23.9 Å². The van der Waals surface area contributed by atoms with Crippen molar-refractivity contribution in [2.75, 3.05) is 32.6 Å². The molecular weight excluding hydrogens is 390 g/mol. The third-order valence-corrected chi connectivity index (χ3v) is 6.14. The van der Waals surface area contributed by atoms with Gasteiger partial charge in [-0.2, -0.15) is 0 Å². The molecular formula is C21H29N3O4S. The standard InChI is InChI=1S/C21H29N3O4S/c1-16-12-17(5-6-20(16)29(2,25)26)13-23-21(24-14-18-8-11-27-15-18)22-9-7-19-4-3-10-28-19/h3-6,10,12,18H,7-9,11,13-15H2,1-2H3,(H2,22,23,24). The Bertz CT molecular complexity index is 917. The highest BCUT2D eigenvalue weighted by molar-refractivity contribution is 7.90. The molecule has 0 amide bonds. The number of hydrogen-bond donors (Lipinski definition) is 2. The molecule has 1 aromatic carbocycles. The molecule has 2 heterocycles. The van der Waals surface area contributed by atoms with E-state index in [1.807, 2.05) is 31.2 Å². The highest BCUT2D eigenvalue weighted by atomic mass is 32.2. The van der Waals surface area contributed by atoms with Gasteiger partial charge in [0.2, 0.25) is 0 Å². The van der Waals surface area contributed by atoms with Crippen molar-refractivity contribution in [2.24, 2.45) is 10.9 Å². The first-order valence-electron chi connectivity index (χ1n) is 9.84. The summed E-state index contributed by atoms with van der Waals surface area (Å²) in [6, 6.07) is 9.19. The number of benzene rings is 1. The molecule has 0 bridgehead atoms. The molecule has 1 aliphatic heterocycles. The highest BCUT2D eigenvalue weighted by Crippen LogP contribution is 2.17. The minimum absolute atomic E-state index is 0.362. The first-order chi connectivity index (χ1) is 13.9. The molecule has 2 aromatic rings. The minimum atomic E-state index is -3.21. The Morgan fingerprint density at radius 3 is 2.79 bits per heavy atom. The summed E-state index contributed by atoms with van der Waals surface area (Å²) >= 11 is 0. The fourth-order valence-corrected chi connectivity index (χ4v) is 4.27. The molecule has 1 atom stereocenters. The van der Waals surface area contributed by atoms with E-state index in [4.69, 9.17) is 9.15 Å². The van der Waals surface area contributed by atoms with Crippen LogP contribution in [0.15, 0.2) is 50.9 Å². The molecule has 1 saturated heterocycles. The Labute approximate surface area is 172 Å². The monoisotopic (exact) mass is 419 g/mol. The molecule has 2 N–H and O–H groups in total. The lowest BCUT2D eigenvalue weighted by molar-refractivity contribution is 0.186. The third-order valence-electron chi connectivity index (χ3n) is 4.88. The molecule has 0 spiro atoms. The van der Waals surface area contributed by atoms with E-state index in [1.165, 1.54) is 6.26 Å². The van der Waals surface area contributed by atoms with Crippen molar-refractivity contribution < 1.29 is 17.6 Å². The van der Waals surface area contributed by atoms with E-state index in [2.05, 4.69) is 15.6 Å². The Balaban J connectivity index is 1.63. The predicted molar refractivity (Wildman–Crippen MR) is 113 cm³/mol. The molecule has 1 fully saturated rings. The van der Waals surface area contributed by atoms with Gasteiger partial charge in [0.15, 0.2) is 15.8 Å². The average molecular weight is 420 g/mol. The van der Waals surface area contributed by atoms with Gasteiger partial charge in [0.1, 0.15) is 5.76 Å². The third kappa shape index (κ3) is 6.61. The first kappa shape index (κ1) is 21.4. The zero-order valence-corrected chi connectivity index (χ0v) is 17.8. The van der Waals surface area contributed by atoms with Crippen molar-refractivity contribution >= 4 is 15.8 Å². The van der Waals surface area contributed by atoms with Gasteiger partial charge in [0.25, 0.3) is 0 Å². The zero-order chi connectivity index (χ0) is 20.7. The number of nitrogens with zero attached hydrogens (tertiary/aromatic N) is 1. The van der Waals surface area contributed by atoms with Gasteiger partial charge < -0.3 is 19.8 Å². The second-order valence-electron chi connectivity index (χ2n) is 7.40. The van der Waals surface area contributed by atoms with Gasteiger partial charge >= 0.3 is 0 Å². The summed E-state index contributed by atoms with van der Waals surface area (Å²) in [6.45, 7) is 5.37. The number of aliphatic imine (C=N–C) groups is 1. The van der Waals surface area contributed by atoms with E-state index >= 15 is 0 Å². The van der Waals surface area contributed by atoms with E-state index in [9.17, 15) is 8.42 Å². The summed E-state index contributed by atoms with van der Waals surface area (Å²) in [5, 5.41) is 6.74. The number of guanidine groups is 1. The van der Waals surface area contributed by atoms with Crippen LogP contribution in [0.3, 0.4) is 0 Å². The van der Waals surface area contributed by atoms with Crippen molar-refractivity contribution in [2.45, 2.75) is 31.2 Å². The summed E-state index contributed by atoms with van der Waals surface area (Å²) < 4.78 is 34.4. The Kier molecular flexibility index (Phi) is 7.33. The summed E-state index contributed by atoms with van der Waals surface area (Å²) in [7, 11) is -3.21. The SMILES string of the molecule is Cc1cc(CN=C(NCCc2ccco2)NCC2CCOC2)ccc1S(C)(=O)=O. The molecule has 1 unspecified atom stereocenters. The van der Waals surface area contributed by atoms with Gasteiger partial charge in [-0.3, -0.25) is 0 Å². The summed E-state index contributed by atoms with van der Waals surface area (Å²) in [5.41, 5.74) is 1.70. The fourth-order valence-electron chi connectivity index (χ4n) is 3.31. The zero-order valence-electron chi connectivity index (χ0n) is 17.0. The molecule has 0 radical (unpaired) electrons. The van der Waals surface area contributed by atoms with Gasteiger partial charge in [-0.25, -0.2) is 13.4 Å². The minimum Gasteiger partial charge on any atom is -0.469 e. The van der Waals surface area contributed by atoms with Gasteiger partial charge in [-0.05, 0) is 42.7 Å². The van der Waals surface area contributed by atoms with Crippen LogP contribution in [0.2, 0.25) is 0 Å². The summed E-state index contributed by atoms with van der Waals surface area (Å²) in [4.78, 5) is 5.04. The smallest absolute Gasteiger partial charge is 0.191 e. The lowest BCUT2D eigenvalue weighted by Crippen LogP contribution is -2.40.